The van der Waals surface area contributed by atoms with Crippen LogP contribution in [0.5, 0.6) is 0 Å². The highest BCUT2D eigenvalue weighted by Gasteiger charge is 2.05. The Morgan fingerprint density at radius 3 is 2.60 bits per heavy atom. The van der Waals surface area contributed by atoms with Crippen LogP contribution in [0.15, 0.2) is 27.9 Å². The van der Waals surface area contributed by atoms with E-state index in [4.69, 9.17) is 0 Å². The number of aromatic nitrogens is 4. The molecule has 1 N–H and O–H groups in total. The van der Waals surface area contributed by atoms with Crippen molar-refractivity contribution in [3.8, 4) is 0 Å². The molecule has 2 rings (SSSR count). The number of aryl methyl sites for hydroxylation is 1. The minimum atomic E-state index is -0.306. The van der Waals surface area contributed by atoms with Gasteiger partial charge in [-0.2, -0.15) is 5.10 Å². The highest BCUT2D eigenvalue weighted by molar-refractivity contribution is 5.02. The number of hydrogen-bond donors (Lipinski definition) is 1. The number of hydrogen-bond acceptors (Lipinski definition) is 4. The molecule has 0 aliphatic heterocycles. The predicted molar refractivity (Wildman–Crippen MR) is 75.5 cm³/mol. The van der Waals surface area contributed by atoms with Gasteiger partial charge in [0.2, 0.25) is 0 Å². The van der Waals surface area contributed by atoms with Crippen LogP contribution < -0.4 is 16.6 Å². The molecule has 0 unspecified atom stereocenters. The van der Waals surface area contributed by atoms with Crippen LogP contribution in [0.1, 0.15) is 11.4 Å². The van der Waals surface area contributed by atoms with Gasteiger partial charge in [0.15, 0.2) is 0 Å². The van der Waals surface area contributed by atoms with E-state index >= 15 is 0 Å². The second kappa shape index (κ2) is 5.87. The molecule has 0 amide bonds. The Kier molecular flexibility index (Phi) is 4.19. The van der Waals surface area contributed by atoms with Gasteiger partial charge in [0.1, 0.15) is 0 Å². The topological polar surface area (TPSA) is 73.8 Å². The molecule has 0 bridgehead atoms. The van der Waals surface area contributed by atoms with Crippen molar-refractivity contribution in [3.63, 3.8) is 0 Å². The zero-order valence-corrected chi connectivity index (χ0v) is 12.0. The minimum Gasteiger partial charge on any atom is -0.311 e. The van der Waals surface area contributed by atoms with Gasteiger partial charge in [-0.05, 0) is 6.07 Å². The van der Waals surface area contributed by atoms with E-state index in [0.29, 0.717) is 12.2 Å². The molecule has 0 radical (unpaired) electrons. The zero-order chi connectivity index (χ0) is 14.7. The van der Waals surface area contributed by atoms with E-state index in [-0.39, 0.29) is 11.2 Å². The van der Waals surface area contributed by atoms with E-state index in [2.05, 4.69) is 10.4 Å². The first-order chi connectivity index (χ1) is 9.49. The summed E-state index contributed by atoms with van der Waals surface area (Å²) in [4.78, 5) is 23.3. The normalized spacial score (nSPS) is 10.9. The van der Waals surface area contributed by atoms with Crippen LogP contribution >= 0.6 is 0 Å². The highest BCUT2D eigenvalue weighted by Crippen LogP contribution is 1.95. The van der Waals surface area contributed by atoms with Crippen molar-refractivity contribution in [3.05, 3.63) is 50.6 Å². The van der Waals surface area contributed by atoms with Crippen molar-refractivity contribution in [1.29, 1.82) is 0 Å². The average Bonchev–Trinajstić information content (AvgIpc) is 2.83. The van der Waals surface area contributed by atoms with Crippen LogP contribution in [0.2, 0.25) is 0 Å². The second-order valence-electron chi connectivity index (χ2n) is 4.78. The molecule has 7 nitrogen and oxygen atoms in total. The quantitative estimate of drug-likeness (QED) is 0.723. The van der Waals surface area contributed by atoms with Crippen LogP contribution in [0, 0.1) is 0 Å². The molecule has 0 saturated carbocycles. The van der Waals surface area contributed by atoms with Crippen molar-refractivity contribution < 1.29 is 0 Å². The fraction of sp³-hybridized carbons (Fsp3) is 0.462. The molecule has 0 saturated heterocycles. The summed E-state index contributed by atoms with van der Waals surface area (Å²) in [5, 5.41) is 7.50. The molecule has 108 valence electrons. The molecule has 0 atom stereocenters. The first-order valence-corrected chi connectivity index (χ1v) is 6.44. The summed E-state index contributed by atoms with van der Waals surface area (Å²) < 4.78 is 4.34. The van der Waals surface area contributed by atoms with E-state index < -0.39 is 0 Å². The average molecular weight is 277 g/mol. The molecular formula is C13H19N5O2. The van der Waals surface area contributed by atoms with Gasteiger partial charge in [0, 0.05) is 58.6 Å². The van der Waals surface area contributed by atoms with Crippen LogP contribution in [-0.4, -0.2) is 25.5 Å². The molecule has 2 aromatic rings. The summed E-state index contributed by atoms with van der Waals surface area (Å²) in [5.41, 5.74) is 1.10. The van der Waals surface area contributed by atoms with Gasteiger partial charge in [-0.1, -0.05) is 0 Å². The molecule has 20 heavy (non-hydrogen) atoms. The Labute approximate surface area is 116 Å². The van der Waals surface area contributed by atoms with Crippen molar-refractivity contribution in [2.24, 2.45) is 21.1 Å². The van der Waals surface area contributed by atoms with Gasteiger partial charge in [-0.15, -0.1) is 0 Å². The molecule has 2 heterocycles. The summed E-state index contributed by atoms with van der Waals surface area (Å²) >= 11 is 0. The third-order valence-electron chi connectivity index (χ3n) is 3.26. The van der Waals surface area contributed by atoms with E-state index in [9.17, 15) is 9.59 Å². The molecule has 0 spiro atoms. The number of nitrogens with zero attached hydrogens (tertiary/aromatic N) is 4. The molecule has 0 aliphatic carbocycles. The third-order valence-corrected chi connectivity index (χ3v) is 3.26. The summed E-state index contributed by atoms with van der Waals surface area (Å²) in [7, 11) is 5.02. The molecule has 0 aliphatic rings. The van der Waals surface area contributed by atoms with Gasteiger partial charge in [-0.25, -0.2) is 4.79 Å². The molecule has 2 aromatic heterocycles. The Hall–Kier alpha value is -2.15. The zero-order valence-electron chi connectivity index (χ0n) is 12.0. The Balaban J connectivity index is 1.95. The maximum Gasteiger partial charge on any atom is 0.330 e. The van der Waals surface area contributed by atoms with Gasteiger partial charge >= 0.3 is 5.69 Å². The molecule has 0 aromatic carbocycles. The smallest absolute Gasteiger partial charge is 0.311 e. The summed E-state index contributed by atoms with van der Waals surface area (Å²) in [6.07, 6.45) is 2.71. The van der Waals surface area contributed by atoms with Crippen molar-refractivity contribution in [2.45, 2.75) is 13.0 Å². The van der Waals surface area contributed by atoms with Crippen LogP contribution in [-0.2, 0) is 34.1 Å². The van der Waals surface area contributed by atoms with E-state index in [1.54, 1.807) is 11.7 Å². The number of nitrogens with one attached hydrogen (secondary N) is 1. The van der Waals surface area contributed by atoms with E-state index in [1.807, 2.05) is 19.3 Å². The lowest BCUT2D eigenvalue weighted by molar-refractivity contribution is 0.597. The summed E-state index contributed by atoms with van der Waals surface area (Å²) in [5.74, 6) is 0. The van der Waals surface area contributed by atoms with Crippen LogP contribution in [0.25, 0.3) is 0 Å². The monoisotopic (exact) mass is 277 g/mol. The lowest BCUT2D eigenvalue weighted by Crippen LogP contribution is -2.39. The Bertz CT molecular complexity index is 710. The highest BCUT2D eigenvalue weighted by atomic mass is 16.2. The summed E-state index contributed by atoms with van der Waals surface area (Å²) in [6.45, 7) is 1.22. The fourth-order valence-electron chi connectivity index (χ4n) is 1.98. The standard InChI is InChI=1S/C13H19N5O2/c1-16-7-5-10(15-16)4-6-14-9-11-8-12(19)18(3)13(20)17(11)2/h5,7-8,14H,4,6,9H2,1-3H3. The Morgan fingerprint density at radius 2 is 1.95 bits per heavy atom. The first-order valence-electron chi connectivity index (χ1n) is 6.44. The SMILES string of the molecule is Cn1ccc(CCNCc2cc(=O)n(C)c(=O)n2C)n1. The lowest BCUT2D eigenvalue weighted by Gasteiger charge is -2.10. The van der Waals surface area contributed by atoms with Crippen molar-refractivity contribution in [2.75, 3.05) is 6.54 Å². The number of rotatable bonds is 5. The molecular weight excluding hydrogens is 258 g/mol. The predicted octanol–water partition coefficient (Wildman–Crippen LogP) is -0.850. The van der Waals surface area contributed by atoms with Crippen molar-refractivity contribution >= 4 is 0 Å². The third kappa shape index (κ3) is 3.05. The maximum atomic E-state index is 11.8. The van der Waals surface area contributed by atoms with Gasteiger partial charge < -0.3 is 5.32 Å². The summed E-state index contributed by atoms with van der Waals surface area (Å²) in [6, 6.07) is 3.45. The second-order valence-corrected chi connectivity index (χ2v) is 4.78. The largest absolute Gasteiger partial charge is 0.330 e. The van der Waals surface area contributed by atoms with Gasteiger partial charge in [0.05, 0.1) is 5.69 Å². The lowest BCUT2D eigenvalue weighted by atomic mass is 10.3. The Morgan fingerprint density at radius 1 is 1.20 bits per heavy atom. The van der Waals surface area contributed by atoms with Crippen LogP contribution in [0.3, 0.4) is 0 Å². The van der Waals surface area contributed by atoms with E-state index in [1.165, 1.54) is 17.7 Å². The fourth-order valence-corrected chi connectivity index (χ4v) is 1.98. The molecule has 7 heteroatoms. The van der Waals surface area contributed by atoms with E-state index in [0.717, 1.165) is 23.2 Å². The minimum absolute atomic E-state index is 0.283. The first kappa shape index (κ1) is 14.3. The van der Waals surface area contributed by atoms with Gasteiger partial charge in [-0.3, -0.25) is 18.6 Å². The maximum absolute atomic E-state index is 11.8. The van der Waals surface area contributed by atoms with Crippen LogP contribution in [0.4, 0.5) is 0 Å². The van der Waals surface area contributed by atoms with Gasteiger partial charge in [0.25, 0.3) is 5.56 Å². The molecule has 0 fully saturated rings. The van der Waals surface area contributed by atoms with Crippen molar-refractivity contribution in [1.82, 2.24) is 24.2 Å².